The van der Waals surface area contributed by atoms with Crippen LogP contribution < -0.4 is 23.7 Å². The number of fused-ring (bicyclic) bond motifs is 18. The third-order valence-corrected chi connectivity index (χ3v) is 28.0. The molecule has 0 N–H and O–H groups in total. The van der Waals surface area contributed by atoms with Crippen molar-refractivity contribution in [3.8, 4) is 28.7 Å². The van der Waals surface area contributed by atoms with Crippen molar-refractivity contribution in [2.24, 2.45) is 0 Å². The van der Waals surface area contributed by atoms with Crippen molar-refractivity contribution in [3.63, 3.8) is 0 Å². The minimum absolute atomic E-state index is 0.776. The molecular weight excluding hydrogens is 1640 g/mol. The summed E-state index contributed by atoms with van der Waals surface area (Å²) < 4.78 is 67.0. The molecule has 0 saturated carbocycles. The molecule has 0 fully saturated rings. The normalized spacial score (nSPS) is 11.5. The Bertz CT molecular complexity index is 6710. The second kappa shape index (κ2) is 45.9. The zero-order chi connectivity index (χ0) is 94.8. The molecule has 0 amide bonds. The average molecular weight is 1790 g/mol. The maximum absolute atomic E-state index is 6.21. The zero-order valence-electron chi connectivity index (χ0n) is 84.7. The molecule has 12 aromatic carbocycles. The van der Waals surface area contributed by atoms with E-state index in [-0.39, 0.29) is 0 Å². The molecule has 0 aliphatic rings. The highest BCUT2D eigenvalue weighted by Gasteiger charge is 2.23. The number of hydrogen-bond donors (Lipinski definition) is 0. The van der Waals surface area contributed by atoms with E-state index in [1.54, 1.807) is 0 Å². The second-order valence-corrected chi connectivity index (χ2v) is 37.5. The Morgan fingerprint density at radius 1 is 0.143 bits per heavy atom. The van der Waals surface area contributed by atoms with Gasteiger partial charge in [0.05, 0.1) is 33.0 Å². The van der Waals surface area contributed by atoms with Crippen LogP contribution in [0.5, 0.6) is 28.7 Å². The van der Waals surface area contributed by atoms with Gasteiger partial charge in [0, 0.05) is 92.5 Å². The van der Waals surface area contributed by atoms with Crippen LogP contribution in [0, 0.1) is 132 Å². The maximum atomic E-state index is 6.21. The Morgan fingerprint density at radius 3 is 0.421 bits per heavy atom. The Kier molecular flexibility index (Phi) is 34.2. The van der Waals surface area contributed by atoms with Gasteiger partial charge in [-0.25, -0.2) is 0 Å². The number of ether oxygens (including phenoxy) is 5. The summed E-state index contributed by atoms with van der Waals surface area (Å²) in [5.41, 5.74) is 34.9. The van der Waals surface area contributed by atoms with Gasteiger partial charge in [-0.05, 0) is 302 Å². The predicted octanol–water partition coefficient (Wildman–Crippen LogP) is 37.6. The van der Waals surface area contributed by atoms with E-state index < -0.39 is 0 Å². The molecule has 0 atom stereocenters. The molecule has 702 valence electrons. The number of aryl methyl sites for hydroxylation is 19. The molecule has 0 aliphatic heterocycles. The fourth-order valence-corrected chi connectivity index (χ4v) is 18.1. The first-order valence-corrected chi connectivity index (χ1v) is 49.9. The molecule has 0 aliphatic carbocycles. The van der Waals surface area contributed by atoms with Gasteiger partial charge in [-0.2, -0.15) is 0 Å². The molecule has 11 nitrogen and oxygen atoms in total. The largest absolute Gasteiger partial charge is 0.493 e. The molecule has 133 heavy (non-hydrogen) atoms. The topological polar surface area (TPSA) is 125 Å². The Balaban J connectivity index is 0.000000136. The average Bonchev–Trinajstić information content (AvgIpc) is 1.65. The summed E-state index contributed by atoms with van der Waals surface area (Å²) in [7, 11) is 0. The monoisotopic (exact) mass is 1790 g/mol. The lowest BCUT2D eigenvalue weighted by Crippen LogP contribution is -1.98. The standard InChI is InChI=1S/2C22H28O2.2C21H26O2.C20H24O2.C16H16O/c2*1-5-6-7-8-9-14-23-20-13-12-19-18-11-10-15(2)16(3)21(18)24-22(19)17(20)4;2*1-5-6-7-8-13-22-19-12-11-18-17-10-9-14(2)15(3)20(17)23-21(18)16(19)4;1-5-6-7-12-21-18-11-10-17-16-9-8-13(2)14(3)19(16)22-20(17)15(18)4;1-9-5-7-13-14-8-6-10(2)12(4)16(14)17-15(13)11(9)3/h2*10-13H,5-9,14H2,1-4H3;2*9-12H,5-8,13H2,1-4H3;8-11H,5-7,12H2,1-4H3;5-8H,1-4H3. The van der Waals surface area contributed by atoms with Gasteiger partial charge in [-0.15, -0.1) is 0 Å². The lowest BCUT2D eigenvalue weighted by atomic mass is 10.0. The summed E-state index contributed by atoms with van der Waals surface area (Å²) in [6.45, 7) is 55.3. The highest BCUT2D eigenvalue weighted by molar-refractivity contribution is 6.12. The van der Waals surface area contributed by atoms with Crippen LogP contribution in [0.3, 0.4) is 0 Å². The lowest BCUT2D eigenvalue weighted by Gasteiger charge is -2.09. The quantitative estimate of drug-likeness (QED) is 0.0386. The lowest BCUT2D eigenvalue weighted by molar-refractivity contribution is 0.302. The highest BCUT2D eigenvalue weighted by Crippen LogP contribution is 2.44. The van der Waals surface area contributed by atoms with E-state index in [2.05, 4.69) is 312 Å². The van der Waals surface area contributed by atoms with Crippen LogP contribution in [0.2, 0.25) is 0 Å². The fourth-order valence-electron chi connectivity index (χ4n) is 18.1. The van der Waals surface area contributed by atoms with Gasteiger partial charge in [-0.1, -0.05) is 222 Å². The molecule has 0 bridgehead atoms. The number of furan rings is 6. The second-order valence-electron chi connectivity index (χ2n) is 37.5. The Morgan fingerprint density at radius 2 is 0.263 bits per heavy atom. The number of hydrogen-bond acceptors (Lipinski definition) is 11. The molecule has 6 heterocycles. The minimum Gasteiger partial charge on any atom is -0.493 e. The van der Waals surface area contributed by atoms with Crippen molar-refractivity contribution in [1.29, 1.82) is 0 Å². The minimum atomic E-state index is 0.776. The molecule has 0 saturated heterocycles. The smallest absolute Gasteiger partial charge is 0.142 e. The van der Waals surface area contributed by atoms with Gasteiger partial charge < -0.3 is 50.2 Å². The summed E-state index contributed by atoms with van der Waals surface area (Å²) >= 11 is 0. The van der Waals surface area contributed by atoms with Crippen LogP contribution in [0.4, 0.5) is 0 Å². The van der Waals surface area contributed by atoms with E-state index in [9.17, 15) is 0 Å². The van der Waals surface area contributed by atoms with Crippen LogP contribution in [0.25, 0.3) is 132 Å². The summed E-state index contributed by atoms with van der Waals surface area (Å²) in [6, 6.07) is 51.4. The molecule has 0 radical (unpaired) electrons. The molecular formula is C122H148O11. The summed E-state index contributed by atoms with van der Waals surface area (Å²) in [6.07, 6.45) is 25.9. The Labute approximate surface area is 791 Å². The van der Waals surface area contributed by atoms with Crippen molar-refractivity contribution >= 4 is 132 Å². The zero-order valence-corrected chi connectivity index (χ0v) is 84.7. The third kappa shape index (κ3) is 22.1. The maximum Gasteiger partial charge on any atom is 0.142 e. The van der Waals surface area contributed by atoms with E-state index in [1.165, 1.54) is 245 Å². The summed E-state index contributed by atoms with van der Waals surface area (Å²) in [5, 5.41) is 14.3. The highest BCUT2D eigenvalue weighted by atomic mass is 16.5. The van der Waals surface area contributed by atoms with Crippen LogP contribution in [0.1, 0.15) is 275 Å². The first kappa shape index (κ1) is 98.9. The van der Waals surface area contributed by atoms with Gasteiger partial charge in [0.2, 0.25) is 0 Å². The molecule has 11 heteroatoms. The molecule has 0 spiro atoms. The van der Waals surface area contributed by atoms with Crippen molar-refractivity contribution in [2.45, 2.75) is 301 Å². The van der Waals surface area contributed by atoms with Gasteiger partial charge in [0.25, 0.3) is 0 Å². The first-order valence-electron chi connectivity index (χ1n) is 49.9. The van der Waals surface area contributed by atoms with Gasteiger partial charge >= 0.3 is 0 Å². The third-order valence-electron chi connectivity index (χ3n) is 28.0. The van der Waals surface area contributed by atoms with Crippen molar-refractivity contribution in [3.05, 3.63) is 251 Å². The summed E-state index contributed by atoms with van der Waals surface area (Å²) in [5.74, 6) is 4.74. The molecule has 18 rings (SSSR count). The van der Waals surface area contributed by atoms with Crippen molar-refractivity contribution in [1.82, 2.24) is 0 Å². The predicted molar refractivity (Wildman–Crippen MR) is 565 cm³/mol. The van der Waals surface area contributed by atoms with E-state index >= 15 is 0 Å². The van der Waals surface area contributed by atoms with E-state index in [4.69, 9.17) is 50.2 Å². The number of rotatable bonds is 31. The van der Waals surface area contributed by atoms with Crippen LogP contribution in [-0.2, 0) is 0 Å². The summed E-state index contributed by atoms with van der Waals surface area (Å²) in [4.78, 5) is 0. The molecule has 18 aromatic rings. The first-order chi connectivity index (χ1) is 64.2. The van der Waals surface area contributed by atoms with E-state index in [0.29, 0.717) is 0 Å². The number of benzene rings is 12. The van der Waals surface area contributed by atoms with E-state index in [1.807, 2.05) is 0 Å². The molecule has 6 aromatic heterocycles. The van der Waals surface area contributed by atoms with Gasteiger partial charge in [0.15, 0.2) is 0 Å². The SMILES string of the molecule is CCCCCCCOc1ccc2c(oc3c(C)c(C)ccc32)c1C.CCCCCCCOc1ccc2c(oc3c(C)c(C)ccc32)c1C.CCCCCCOc1ccc2c(oc3c(C)c(C)ccc32)c1C.CCCCCCOc1ccc2c(oc3c(C)c(C)ccc32)c1C.CCCCCOc1ccc2c(oc3c(C)c(C)ccc32)c1C.Cc1ccc2c(oc3c(C)c(C)ccc32)c1C. The van der Waals surface area contributed by atoms with Crippen molar-refractivity contribution < 1.29 is 50.2 Å². The molecule has 0 unspecified atom stereocenters. The Hall–Kier alpha value is -11.6. The van der Waals surface area contributed by atoms with Crippen LogP contribution in [0.15, 0.2) is 172 Å². The fraction of sp³-hybridized carbons (Fsp3) is 0.410. The van der Waals surface area contributed by atoms with Gasteiger partial charge in [-0.3, -0.25) is 0 Å². The van der Waals surface area contributed by atoms with Crippen molar-refractivity contribution in [2.75, 3.05) is 33.0 Å². The number of unbranched alkanes of at least 4 members (excludes halogenated alkanes) is 16. The van der Waals surface area contributed by atoms with Crippen LogP contribution in [-0.4, -0.2) is 33.0 Å². The van der Waals surface area contributed by atoms with Crippen LogP contribution >= 0.6 is 0 Å². The van der Waals surface area contributed by atoms with Gasteiger partial charge in [0.1, 0.15) is 95.7 Å². The van der Waals surface area contributed by atoms with E-state index in [0.717, 1.165) is 189 Å².